The number of nitrogens with zero attached hydrogens (tertiary/aromatic N) is 2. The number of hydrogen-bond donors (Lipinski definition) is 2. The van der Waals surface area contributed by atoms with E-state index in [0.29, 0.717) is 30.4 Å². The van der Waals surface area contributed by atoms with Crippen LogP contribution in [0.15, 0.2) is 18.2 Å². The van der Waals surface area contributed by atoms with Crippen LogP contribution in [0.3, 0.4) is 0 Å². The van der Waals surface area contributed by atoms with E-state index in [1.54, 1.807) is 52.8 Å². The maximum Gasteiger partial charge on any atom is 0.413 e. The summed E-state index contributed by atoms with van der Waals surface area (Å²) in [6, 6.07) is 5.54. The van der Waals surface area contributed by atoms with Crippen molar-refractivity contribution in [3.8, 4) is 0 Å². The SMILES string of the molecule is CCOC(=O)[C@H](C)CN(C(=O)CCCc1cccc(NC(=O)OC(C)(C)C)n1)C(=O)CNC1CC1. The number of ether oxygens (including phenoxy) is 2. The zero-order valence-electron chi connectivity index (χ0n) is 21.4. The molecule has 10 nitrogen and oxygen atoms in total. The van der Waals surface area contributed by atoms with Gasteiger partial charge in [0.1, 0.15) is 11.4 Å². The molecular formula is C25H38N4O6. The number of aryl methyl sites for hydroxylation is 1. The zero-order valence-corrected chi connectivity index (χ0v) is 21.4. The van der Waals surface area contributed by atoms with Gasteiger partial charge < -0.3 is 14.8 Å². The van der Waals surface area contributed by atoms with Crippen LogP contribution in [0.25, 0.3) is 0 Å². The number of carbonyl (C=O) groups excluding carboxylic acids is 4. The molecule has 2 rings (SSSR count). The average Bonchev–Trinajstić information content (AvgIpc) is 3.59. The molecule has 1 saturated carbocycles. The topological polar surface area (TPSA) is 127 Å². The lowest BCUT2D eigenvalue weighted by atomic mass is 10.1. The molecule has 3 amide bonds. The molecule has 10 heteroatoms. The number of nitrogens with one attached hydrogen (secondary N) is 2. The van der Waals surface area contributed by atoms with Gasteiger partial charge in [0.2, 0.25) is 11.8 Å². The highest BCUT2D eigenvalue weighted by molar-refractivity contribution is 5.96. The molecule has 1 aromatic heterocycles. The molecule has 35 heavy (non-hydrogen) atoms. The number of anilines is 1. The van der Waals surface area contributed by atoms with Crippen LogP contribution >= 0.6 is 0 Å². The Morgan fingerprint density at radius 3 is 2.51 bits per heavy atom. The fourth-order valence-corrected chi connectivity index (χ4v) is 3.24. The van der Waals surface area contributed by atoms with E-state index in [9.17, 15) is 19.2 Å². The number of aromatic nitrogens is 1. The van der Waals surface area contributed by atoms with Gasteiger partial charge in [-0.05, 0) is 65.5 Å². The Morgan fingerprint density at radius 1 is 1.17 bits per heavy atom. The van der Waals surface area contributed by atoms with E-state index in [2.05, 4.69) is 15.6 Å². The van der Waals surface area contributed by atoms with E-state index in [-0.39, 0.29) is 37.9 Å². The highest BCUT2D eigenvalue weighted by Crippen LogP contribution is 2.18. The Hall–Kier alpha value is -3.01. The highest BCUT2D eigenvalue weighted by atomic mass is 16.6. The predicted molar refractivity (Wildman–Crippen MR) is 131 cm³/mol. The predicted octanol–water partition coefficient (Wildman–Crippen LogP) is 3.06. The third-order valence-corrected chi connectivity index (χ3v) is 5.13. The lowest BCUT2D eigenvalue weighted by molar-refractivity contribution is -0.151. The van der Waals surface area contributed by atoms with E-state index < -0.39 is 23.6 Å². The lowest BCUT2D eigenvalue weighted by Gasteiger charge is -2.24. The van der Waals surface area contributed by atoms with Crippen LogP contribution in [-0.4, -0.2) is 65.1 Å². The number of rotatable bonds is 12. The Morgan fingerprint density at radius 2 is 1.89 bits per heavy atom. The summed E-state index contributed by atoms with van der Waals surface area (Å²) in [5.41, 5.74) is 0.0733. The van der Waals surface area contributed by atoms with Gasteiger partial charge in [-0.3, -0.25) is 24.6 Å². The van der Waals surface area contributed by atoms with Crippen LogP contribution in [0, 0.1) is 5.92 Å². The van der Waals surface area contributed by atoms with E-state index in [1.165, 1.54) is 0 Å². The molecule has 0 saturated heterocycles. The van der Waals surface area contributed by atoms with Gasteiger partial charge in [-0.2, -0.15) is 0 Å². The second-order valence-corrected chi connectivity index (χ2v) is 9.70. The molecule has 0 unspecified atom stereocenters. The van der Waals surface area contributed by atoms with Crippen molar-refractivity contribution >= 4 is 29.7 Å². The summed E-state index contributed by atoms with van der Waals surface area (Å²) >= 11 is 0. The molecule has 1 aromatic rings. The Bertz CT molecular complexity index is 894. The van der Waals surface area contributed by atoms with Crippen molar-refractivity contribution in [3.05, 3.63) is 23.9 Å². The highest BCUT2D eigenvalue weighted by Gasteiger charge is 2.28. The third-order valence-electron chi connectivity index (χ3n) is 5.13. The summed E-state index contributed by atoms with van der Waals surface area (Å²) in [5, 5.41) is 5.72. The van der Waals surface area contributed by atoms with Crippen LogP contribution in [0.5, 0.6) is 0 Å². The zero-order chi connectivity index (χ0) is 26.0. The number of amides is 3. The quantitative estimate of drug-likeness (QED) is 0.428. The smallest absolute Gasteiger partial charge is 0.413 e. The van der Waals surface area contributed by atoms with E-state index >= 15 is 0 Å². The van der Waals surface area contributed by atoms with E-state index in [0.717, 1.165) is 17.7 Å². The van der Waals surface area contributed by atoms with Crippen molar-refractivity contribution in [3.63, 3.8) is 0 Å². The fourth-order valence-electron chi connectivity index (χ4n) is 3.24. The van der Waals surface area contributed by atoms with Crippen molar-refractivity contribution in [1.29, 1.82) is 0 Å². The summed E-state index contributed by atoms with van der Waals surface area (Å²) in [6.07, 6.45) is 2.50. The van der Waals surface area contributed by atoms with Gasteiger partial charge >= 0.3 is 12.1 Å². The van der Waals surface area contributed by atoms with Gasteiger partial charge in [0.05, 0.1) is 19.1 Å². The first-order chi connectivity index (χ1) is 16.5. The first kappa shape index (κ1) is 28.2. The van der Waals surface area contributed by atoms with E-state index in [4.69, 9.17) is 9.47 Å². The minimum Gasteiger partial charge on any atom is -0.466 e. The van der Waals surface area contributed by atoms with Crippen LogP contribution < -0.4 is 10.6 Å². The van der Waals surface area contributed by atoms with Gasteiger partial charge in [0, 0.05) is 24.7 Å². The molecule has 1 atom stereocenters. The van der Waals surface area contributed by atoms with Crippen molar-refractivity contribution in [2.75, 3.05) is 25.0 Å². The summed E-state index contributed by atoms with van der Waals surface area (Å²) in [4.78, 5) is 55.2. The number of imide groups is 1. The molecule has 1 heterocycles. The van der Waals surface area contributed by atoms with Crippen molar-refractivity contribution in [2.24, 2.45) is 5.92 Å². The summed E-state index contributed by atoms with van der Waals surface area (Å²) in [6.45, 7) is 8.97. The molecule has 0 aromatic carbocycles. The van der Waals surface area contributed by atoms with Gasteiger partial charge in [0.15, 0.2) is 0 Å². The largest absolute Gasteiger partial charge is 0.466 e. The number of esters is 1. The molecule has 2 N–H and O–H groups in total. The minimum atomic E-state index is -0.621. The number of carbonyl (C=O) groups is 4. The van der Waals surface area contributed by atoms with Crippen LogP contribution in [-0.2, 0) is 30.3 Å². The van der Waals surface area contributed by atoms with Gasteiger partial charge in [0.25, 0.3) is 0 Å². The third kappa shape index (κ3) is 10.9. The molecule has 0 bridgehead atoms. The van der Waals surface area contributed by atoms with Crippen molar-refractivity contribution < 1.29 is 28.7 Å². The molecule has 1 aliphatic carbocycles. The Labute approximate surface area is 207 Å². The lowest BCUT2D eigenvalue weighted by Crippen LogP contribution is -2.45. The minimum absolute atomic E-state index is 0.0175. The van der Waals surface area contributed by atoms with Crippen LogP contribution in [0.1, 0.15) is 66.0 Å². The summed E-state index contributed by atoms with van der Waals surface area (Å²) in [7, 11) is 0. The number of hydrogen-bond acceptors (Lipinski definition) is 8. The second kappa shape index (κ2) is 13.2. The molecule has 1 aliphatic rings. The summed E-state index contributed by atoms with van der Waals surface area (Å²) in [5.74, 6) is -1.38. The first-order valence-electron chi connectivity index (χ1n) is 12.2. The molecule has 1 fully saturated rings. The molecule has 0 spiro atoms. The Balaban J connectivity index is 1.92. The van der Waals surface area contributed by atoms with Crippen LogP contribution in [0.4, 0.5) is 10.6 Å². The van der Waals surface area contributed by atoms with Crippen LogP contribution in [0.2, 0.25) is 0 Å². The second-order valence-electron chi connectivity index (χ2n) is 9.70. The summed E-state index contributed by atoms with van der Waals surface area (Å²) < 4.78 is 10.3. The Kier molecular flexibility index (Phi) is 10.6. The standard InChI is InChI=1S/C25H38N4O6/c1-6-34-23(32)17(2)16-29(22(31)15-26-18-13-14-18)21(30)12-8-10-19-9-7-11-20(27-19)28-24(33)35-25(3,4)5/h7,9,11,17-18,26H,6,8,10,12-16H2,1-5H3,(H,27,28,33)/t17-/m1/s1. The van der Waals surface area contributed by atoms with Crippen molar-refractivity contribution in [2.45, 2.75) is 78.4 Å². The maximum absolute atomic E-state index is 12.9. The average molecular weight is 491 g/mol. The normalized spacial score (nSPS) is 14.1. The molecular weight excluding hydrogens is 452 g/mol. The number of pyridine rings is 1. The maximum atomic E-state index is 12.9. The van der Waals surface area contributed by atoms with E-state index in [1.807, 2.05) is 0 Å². The monoisotopic (exact) mass is 490 g/mol. The van der Waals surface area contributed by atoms with Gasteiger partial charge in [-0.1, -0.05) is 13.0 Å². The van der Waals surface area contributed by atoms with Crippen molar-refractivity contribution in [1.82, 2.24) is 15.2 Å². The van der Waals surface area contributed by atoms with Gasteiger partial charge in [-0.25, -0.2) is 9.78 Å². The molecule has 0 radical (unpaired) electrons. The fraction of sp³-hybridized carbons (Fsp3) is 0.640. The molecule has 194 valence electrons. The van der Waals surface area contributed by atoms with Gasteiger partial charge in [-0.15, -0.1) is 0 Å². The molecule has 0 aliphatic heterocycles. The first-order valence-corrected chi connectivity index (χ1v) is 12.2.